The number of carbonyl (C=O) groups is 1. The molecule has 0 N–H and O–H groups in total. The molecule has 0 bridgehead atoms. The van der Waals surface area contributed by atoms with Crippen molar-refractivity contribution in [2.24, 2.45) is 0 Å². The first-order chi connectivity index (χ1) is 8.34. The van der Waals surface area contributed by atoms with Crippen molar-refractivity contribution in [1.29, 1.82) is 0 Å². The Hall–Kier alpha value is -0.750. The summed E-state index contributed by atoms with van der Waals surface area (Å²) in [6.07, 6.45) is -1.47. The molecule has 0 aliphatic carbocycles. The Morgan fingerprint density at radius 2 is 1.28 bits per heavy atom. The third-order valence-corrected chi connectivity index (χ3v) is 2.57. The summed E-state index contributed by atoms with van der Waals surface area (Å²) in [4.78, 5) is 16.6. The van der Waals surface area contributed by atoms with Gasteiger partial charge >= 0.3 is 6.43 Å². The molecule has 0 aromatic heterocycles. The zero-order chi connectivity index (χ0) is 14.1. The van der Waals surface area contributed by atoms with Crippen molar-refractivity contribution < 1.29 is 13.6 Å². The summed E-state index contributed by atoms with van der Waals surface area (Å²) < 4.78 is 24.9. The molecule has 1 amide bonds. The largest absolute Gasteiger partial charge is 0.338 e. The Morgan fingerprint density at radius 3 is 1.56 bits per heavy atom. The summed E-state index contributed by atoms with van der Waals surface area (Å²) >= 11 is 0. The summed E-state index contributed by atoms with van der Waals surface area (Å²) in [6.45, 7) is 2.38. The van der Waals surface area contributed by atoms with Crippen molar-refractivity contribution in [3.63, 3.8) is 0 Å². The third kappa shape index (κ3) is 8.36. The van der Waals surface area contributed by atoms with Gasteiger partial charge in [0, 0.05) is 13.1 Å². The van der Waals surface area contributed by atoms with Gasteiger partial charge in [-0.1, -0.05) is 0 Å². The average Bonchev–Trinajstić information content (AvgIpc) is 2.25. The minimum absolute atomic E-state index is 0.398. The van der Waals surface area contributed by atoms with E-state index in [-0.39, 0.29) is 0 Å². The van der Waals surface area contributed by atoms with Gasteiger partial charge in [0.25, 0.3) is 5.91 Å². The lowest BCUT2D eigenvalue weighted by molar-refractivity contribution is -0.143. The van der Waals surface area contributed by atoms with Crippen LogP contribution in [0.25, 0.3) is 0 Å². The summed E-state index contributed by atoms with van der Waals surface area (Å²) in [5.74, 6) is -1.05. The molecule has 0 aromatic rings. The zero-order valence-electron chi connectivity index (χ0n) is 11.8. The molecule has 6 heteroatoms. The molecule has 0 rings (SSSR count). The van der Waals surface area contributed by atoms with Crippen molar-refractivity contribution in [2.75, 3.05) is 54.4 Å². The molecule has 0 atom stereocenters. The summed E-state index contributed by atoms with van der Waals surface area (Å²) in [6, 6.07) is 0. The number of amides is 1. The second-order valence-corrected chi connectivity index (χ2v) is 4.94. The van der Waals surface area contributed by atoms with Crippen LogP contribution in [0, 0.1) is 0 Å². The molecule has 0 aliphatic rings. The fourth-order valence-corrected chi connectivity index (χ4v) is 1.63. The SMILES string of the molecule is CN(C)CCCN(CCCN(C)C)C(=O)C(F)F. The molecule has 0 radical (unpaired) electrons. The van der Waals surface area contributed by atoms with Crippen LogP contribution < -0.4 is 0 Å². The van der Waals surface area contributed by atoms with Crippen LogP contribution in [0.1, 0.15) is 12.8 Å². The van der Waals surface area contributed by atoms with Gasteiger partial charge < -0.3 is 14.7 Å². The number of carbonyl (C=O) groups excluding carboxylic acids is 1. The number of rotatable bonds is 9. The average molecular weight is 265 g/mol. The van der Waals surface area contributed by atoms with Gasteiger partial charge in [0.2, 0.25) is 0 Å². The predicted octanol–water partition coefficient (Wildman–Crippen LogP) is 0.983. The molecule has 0 saturated heterocycles. The second-order valence-electron chi connectivity index (χ2n) is 4.94. The first-order valence-corrected chi connectivity index (χ1v) is 6.21. The first kappa shape index (κ1) is 17.2. The highest BCUT2D eigenvalue weighted by Crippen LogP contribution is 2.04. The maximum Gasteiger partial charge on any atom is 0.315 e. The maximum atomic E-state index is 12.4. The van der Waals surface area contributed by atoms with E-state index in [0.717, 1.165) is 13.1 Å². The minimum atomic E-state index is -2.90. The molecule has 4 nitrogen and oxygen atoms in total. The Bertz CT molecular complexity index is 221. The highest BCUT2D eigenvalue weighted by molar-refractivity contribution is 5.79. The smallest absolute Gasteiger partial charge is 0.315 e. The molecule has 108 valence electrons. The van der Waals surface area contributed by atoms with Crippen LogP contribution in [0.4, 0.5) is 8.78 Å². The Kier molecular flexibility index (Phi) is 8.83. The quantitative estimate of drug-likeness (QED) is 0.622. The normalized spacial score (nSPS) is 11.6. The van der Waals surface area contributed by atoms with E-state index in [1.165, 1.54) is 4.90 Å². The second kappa shape index (κ2) is 9.22. The van der Waals surface area contributed by atoms with E-state index in [2.05, 4.69) is 0 Å². The van der Waals surface area contributed by atoms with Gasteiger partial charge in [-0.3, -0.25) is 4.79 Å². The van der Waals surface area contributed by atoms with Crippen LogP contribution in [0.2, 0.25) is 0 Å². The summed E-state index contributed by atoms with van der Waals surface area (Å²) in [7, 11) is 7.69. The van der Waals surface area contributed by atoms with Crippen LogP contribution in [-0.2, 0) is 4.79 Å². The lowest BCUT2D eigenvalue weighted by atomic mass is 10.3. The Labute approximate surface area is 109 Å². The van der Waals surface area contributed by atoms with E-state index in [4.69, 9.17) is 0 Å². The standard InChI is InChI=1S/C12H25F2N3O/c1-15(2)7-5-9-17(12(18)11(13)14)10-6-8-16(3)4/h11H,5-10H2,1-4H3. The number of alkyl halides is 2. The van der Waals surface area contributed by atoms with Gasteiger partial charge in [-0.25, -0.2) is 0 Å². The van der Waals surface area contributed by atoms with Gasteiger partial charge in [0.15, 0.2) is 0 Å². The van der Waals surface area contributed by atoms with E-state index < -0.39 is 12.3 Å². The molecule has 0 heterocycles. The Balaban J connectivity index is 4.12. The molecule has 18 heavy (non-hydrogen) atoms. The van der Waals surface area contributed by atoms with E-state index in [9.17, 15) is 13.6 Å². The van der Waals surface area contributed by atoms with Gasteiger partial charge in [-0.2, -0.15) is 8.78 Å². The molecule has 0 aromatic carbocycles. The molecule has 0 unspecified atom stereocenters. The molecule has 0 fully saturated rings. The Morgan fingerprint density at radius 1 is 0.889 bits per heavy atom. The minimum Gasteiger partial charge on any atom is -0.338 e. The number of hydrogen-bond acceptors (Lipinski definition) is 3. The van der Waals surface area contributed by atoms with Gasteiger partial charge in [0.05, 0.1) is 0 Å². The van der Waals surface area contributed by atoms with E-state index >= 15 is 0 Å². The summed E-state index contributed by atoms with van der Waals surface area (Å²) in [5.41, 5.74) is 0. The monoisotopic (exact) mass is 265 g/mol. The maximum absolute atomic E-state index is 12.4. The van der Waals surface area contributed by atoms with Crippen molar-refractivity contribution in [1.82, 2.24) is 14.7 Å². The topological polar surface area (TPSA) is 26.8 Å². The highest BCUT2D eigenvalue weighted by Gasteiger charge is 2.22. The van der Waals surface area contributed by atoms with Crippen molar-refractivity contribution >= 4 is 5.91 Å². The van der Waals surface area contributed by atoms with E-state index in [1.807, 2.05) is 38.0 Å². The van der Waals surface area contributed by atoms with Crippen LogP contribution in [-0.4, -0.2) is 81.4 Å². The fraction of sp³-hybridized carbons (Fsp3) is 0.917. The molecule has 0 aliphatic heterocycles. The predicted molar refractivity (Wildman–Crippen MR) is 68.9 cm³/mol. The molecule has 0 spiro atoms. The van der Waals surface area contributed by atoms with Gasteiger partial charge in [0.1, 0.15) is 0 Å². The lowest BCUT2D eigenvalue weighted by Crippen LogP contribution is -2.38. The van der Waals surface area contributed by atoms with Crippen LogP contribution in [0.3, 0.4) is 0 Å². The van der Waals surface area contributed by atoms with Crippen LogP contribution in [0.15, 0.2) is 0 Å². The number of halogens is 2. The van der Waals surface area contributed by atoms with E-state index in [1.54, 1.807) is 0 Å². The van der Waals surface area contributed by atoms with Crippen LogP contribution >= 0.6 is 0 Å². The van der Waals surface area contributed by atoms with Gasteiger partial charge in [-0.15, -0.1) is 0 Å². The number of nitrogens with zero attached hydrogens (tertiary/aromatic N) is 3. The molecule has 0 saturated carbocycles. The number of hydrogen-bond donors (Lipinski definition) is 0. The third-order valence-electron chi connectivity index (χ3n) is 2.57. The summed E-state index contributed by atoms with van der Waals surface area (Å²) in [5, 5.41) is 0. The van der Waals surface area contributed by atoms with E-state index in [0.29, 0.717) is 25.9 Å². The van der Waals surface area contributed by atoms with Crippen molar-refractivity contribution in [3.05, 3.63) is 0 Å². The van der Waals surface area contributed by atoms with Crippen LogP contribution in [0.5, 0.6) is 0 Å². The molecular formula is C12H25F2N3O. The first-order valence-electron chi connectivity index (χ1n) is 6.21. The van der Waals surface area contributed by atoms with Crippen molar-refractivity contribution in [3.8, 4) is 0 Å². The van der Waals surface area contributed by atoms with Gasteiger partial charge in [-0.05, 0) is 54.1 Å². The molecular weight excluding hydrogens is 240 g/mol. The zero-order valence-corrected chi connectivity index (χ0v) is 11.8. The highest BCUT2D eigenvalue weighted by atomic mass is 19.3. The fourth-order valence-electron chi connectivity index (χ4n) is 1.63. The lowest BCUT2D eigenvalue weighted by Gasteiger charge is -2.23. The van der Waals surface area contributed by atoms with Crippen molar-refractivity contribution in [2.45, 2.75) is 19.3 Å².